The van der Waals surface area contributed by atoms with Gasteiger partial charge in [-0.25, -0.2) is 8.42 Å². The summed E-state index contributed by atoms with van der Waals surface area (Å²) in [5, 5.41) is 3.28. The second-order valence-corrected chi connectivity index (χ2v) is 13.3. The van der Waals surface area contributed by atoms with E-state index >= 15 is 0 Å². The quantitative estimate of drug-likeness (QED) is 0.654. The van der Waals surface area contributed by atoms with Crippen molar-refractivity contribution in [3.05, 3.63) is 29.8 Å². The average molecular weight is 459 g/mol. The first-order valence-corrected chi connectivity index (χ1v) is 14.1. The zero-order valence-electron chi connectivity index (χ0n) is 19.6. The summed E-state index contributed by atoms with van der Waals surface area (Å²) in [7, 11) is -1.92. The Kier molecular flexibility index (Phi) is 5.90. The molecule has 1 amide bonds. The molecule has 5 nitrogen and oxygen atoms in total. The van der Waals surface area contributed by atoms with Crippen molar-refractivity contribution < 1.29 is 13.2 Å². The lowest BCUT2D eigenvalue weighted by Gasteiger charge is -2.59. The fourth-order valence-electron chi connectivity index (χ4n) is 7.75. The molecule has 0 heterocycles. The average Bonchev–Trinajstić information content (AvgIpc) is 2.78. The van der Waals surface area contributed by atoms with Crippen LogP contribution in [-0.2, 0) is 10.0 Å². The highest BCUT2D eigenvalue weighted by molar-refractivity contribution is 7.89. The maximum atomic E-state index is 13.3. The normalized spacial score (nSPS) is 33.4. The van der Waals surface area contributed by atoms with Gasteiger partial charge in [-0.15, -0.1) is 0 Å². The highest BCUT2D eigenvalue weighted by Gasteiger charge is 2.53. The van der Waals surface area contributed by atoms with Gasteiger partial charge in [0.2, 0.25) is 10.0 Å². The number of carbonyl (C=O) groups is 1. The summed E-state index contributed by atoms with van der Waals surface area (Å²) in [6.45, 7) is 2.17. The van der Waals surface area contributed by atoms with Crippen molar-refractivity contribution in [3.63, 3.8) is 0 Å². The van der Waals surface area contributed by atoms with E-state index in [1.54, 1.807) is 31.3 Å². The number of benzene rings is 1. The molecule has 1 atom stereocenters. The summed E-state index contributed by atoms with van der Waals surface area (Å²) in [5.74, 6) is 2.36. The van der Waals surface area contributed by atoms with E-state index in [0.29, 0.717) is 5.56 Å². The third-order valence-corrected chi connectivity index (χ3v) is 11.1. The van der Waals surface area contributed by atoms with Crippen LogP contribution in [0.1, 0.15) is 87.9 Å². The Morgan fingerprint density at radius 3 is 2.22 bits per heavy atom. The summed E-state index contributed by atoms with van der Waals surface area (Å²) in [6.07, 6.45) is 13.0. The Labute approximate surface area is 193 Å². The number of hydrogen-bond donors (Lipinski definition) is 1. The fourth-order valence-corrected chi connectivity index (χ4v) is 9.21. The Bertz CT molecular complexity index is 932. The van der Waals surface area contributed by atoms with Gasteiger partial charge in [-0.2, -0.15) is 4.31 Å². The van der Waals surface area contributed by atoms with Gasteiger partial charge >= 0.3 is 0 Å². The molecule has 1 N–H and O–H groups in total. The lowest BCUT2D eigenvalue weighted by atomic mass is 9.48. The van der Waals surface area contributed by atoms with E-state index in [0.717, 1.165) is 43.4 Å². The molecule has 5 aliphatic rings. The van der Waals surface area contributed by atoms with E-state index in [1.807, 2.05) is 0 Å². The molecule has 1 aromatic rings. The number of nitrogens with one attached hydrogen (secondary N) is 1. The molecular weight excluding hydrogens is 420 g/mol. The highest BCUT2D eigenvalue weighted by atomic mass is 32.2. The topological polar surface area (TPSA) is 66.5 Å². The minimum Gasteiger partial charge on any atom is -0.349 e. The van der Waals surface area contributed by atoms with Gasteiger partial charge in [0.1, 0.15) is 0 Å². The predicted octanol–water partition coefficient (Wildman–Crippen LogP) is 4.97. The molecule has 0 aliphatic heterocycles. The van der Waals surface area contributed by atoms with Crippen LogP contribution >= 0.6 is 0 Å². The summed E-state index contributed by atoms with van der Waals surface area (Å²) < 4.78 is 28.0. The van der Waals surface area contributed by atoms with Gasteiger partial charge < -0.3 is 5.32 Å². The molecule has 0 radical (unpaired) electrons. The van der Waals surface area contributed by atoms with Crippen molar-refractivity contribution in [2.45, 2.75) is 94.5 Å². The molecule has 5 saturated carbocycles. The van der Waals surface area contributed by atoms with Gasteiger partial charge in [0, 0.05) is 24.7 Å². The Balaban J connectivity index is 1.30. The maximum absolute atomic E-state index is 13.3. The number of nitrogens with zero attached hydrogens (tertiary/aromatic N) is 1. The second kappa shape index (κ2) is 8.43. The number of hydrogen-bond acceptors (Lipinski definition) is 3. The third kappa shape index (κ3) is 4.02. The lowest BCUT2D eigenvalue weighted by Crippen LogP contribution is -2.55. The number of sulfonamides is 1. The molecular formula is C26H38N2O3S. The van der Waals surface area contributed by atoms with Crippen LogP contribution < -0.4 is 5.32 Å². The number of rotatable bonds is 6. The minimum atomic E-state index is -3.61. The van der Waals surface area contributed by atoms with Crippen molar-refractivity contribution in [2.75, 3.05) is 7.05 Å². The zero-order valence-corrected chi connectivity index (χ0v) is 20.4. The van der Waals surface area contributed by atoms with E-state index in [9.17, 15) is 13.2 Å². The molecule has 0 aromatic heterocycles. The van der Waals surface area contributed by atoms with Crippen LogP contribution in [-0.4, -0.2) is 37.8 Å². The molecule has 176 valence electrons. The molecule has 5 fully saturated rings. The Morgan fingerprint density at radius 2 is 1.62 bits per heavy atom. The molecule has 6 rings (SSSR count). The van der Waals surface area contributed by atoms with Crippen LogP contribution in [0.5, 0.6) is 0 Å². The van der Waals surface area contributed by atoms with Crippen LogP contribution in [0.3, 0.4) is 0 Å². The van der Waals surface area contributed by atoms with Crippen molar-refractivity contribution >= 4 is 15.9 Å². The first-order chi connectivity index (χ1) is 15.3. The Hall–Kier alpha value is -1.40. The molecule has 0 saturated heterocycles. The van der Waals surface area contributed by atoms with Crippen LogP contribution in [0.15, 0.2) is 29.2 Å². The molecule has 0 spiro atoms. The van der Waals surface area contributed by atoms with E-state index in [-0.39, 0.29) is 28.3 Å². The summed E-state index contributed by atoms with van der Waals surface area (Å²) >= 11 is 0. The van der Waals surface area contributed by atoms with Crippen LogP contribution in [0.25, 0.3) is 0 Å². The molecule has 1 aromatic carbocycles. The van der Waals surface area contributed by atoms with Gasteiger partial charge in [0.05, 0.1) is 4.90 Å². The molecule has 4 bridgehead atoms. The van der Waals surface area contributed by atoms with Crippen LogP contribution in [0, 0.1) is 23.2 Å². The van der Waals surface area contributed by atoms with Crippen molar-refractivity contribution in [1.29, 1.82) is 0 Å². The van der Waals surface area contributed by atoms with E-state index < -0.39 is 10.0 Å². The number of amides is 1. The first-order valence-electron chi connectivity index (χ1n) is 12.7. The standard InChI is InChI=1S/C26H38N2O3S/c1-18(26-15-19-11-20(16-26)13-21(12-19)17-26)27-25(29)22-7-6-10-24(14-22)32(30,31)28(2)23-8-4-3-5-9-23/h6-7,10,14,18-21,23H,3-5,8-9,11-13,15-17H2,1-2H3,(H,27,29)/t18-,19?,20?,21?,26?/m1/s1. The van der Waals surface area contributed by atoms with Gasteiger partial charge in [-0.1, -0.05) is 25.3 Å². The lowest BCUT2D eigenvalue weighted by molar-refractivity contribution is -0.0688. The SMILES string of the molecule is C[C@@H](NC(=O)c1cccc(S(=O)(=O)N(C)C2CCCCC2)c1)C12CC3CC(CC(C3)C1)C2. The van der Waals surface area contributed by atoms with Crippen LogP contribution in [0.2, 0.25) is 0 Å². The molecule has 32 heavy (non-hydrogen) atoms. The van der Waals surface area contributed by atoms with Gasteiger partial charge in [-0.3, -0.25) is 4.79 Å². The highest BCUT2D eigenvalue weighted by Crippen LogP contribution is 2.61. The summed E-state index contributed by atoms with van der Waals surface area (Å²) in [5.41, 5.74) is 0.676. The smallest absolute Gasteiger partial charge is 0.251 e. The van der Waals surface area contributed by atoms with E-state index in [4.69, 9.17) is 0 Å². The summed E-state index contributed by atoms with van der Waals surface area (Å²) in [6, 6.07) is 6.80. The minimum absolute atomic E-state index is 0.0577. The van der Waals surface area contributed by atoms with E-state index in [1.165, 1.54) is 49.3 Å². The largest absolute Gasteiger partial charge is 0.349 e. The molecule has 0 unspecified atom stereocenters. The summed E-state index contributed by atoms with van der Waals surface area (Å²) in [4.78, 5) is 13.4. The molecule has 5 aliphatic carbocycles. The van der Waals surface area contributed by atoms with Gasteiger partial charge in [-0.05, 0) is 99.7 Å². The predicted molar refractivity (Wildman–Crippen MR) is 126 cm³/mol. The van der Waals surface area contributed by atoms with Crippen molar-refractivity contribution in [1.82, 2.24) is 9.62 Å². The maximum Gasteiger partial charge on any atom is 0.251 e. The Morgan fingerprint density at radius 1 is 1.03 bits per heavy atom. The first kappa shape index (κ1) is 22.4. The second-order valence-electron chi connectivity index (χ2n) is 11.3. The molecule has 6 heteroatoms. The third-order valence-electron chi connectivity index (χ3n) is 9.21. The fraction of sp³-hybridized carbons (Fsp3) is 0.731. The van der Waals surface area contributed by atoms with Gasteiger partial charge in [0.25, 0.3) is 5.91 Å². The van der Waals surface area contributed by atoms with Crippen molar-refractivity contribution in [3.8, 4) is 0 Å². The number of carbonyl (C=O) groups excluding carboxylic acids is 1. The monoisotopic (exact) mass is 458 g/mol. The zero-order chi connectivity index (χ0) is 22.5. The van der Waals surface area contributed by atoms with Gasteiger partial charge in [0.15, 0.2) is 0 Å². The van der Waals surface area contributed by atoms with Crippen LogP contribution in [0.4, 0.5) is 0 Å². The van der Waals surface area contributed by atoms with E-state index in [2.05, 4.69) is 12.2 Å². The van der Waals surface area contributed by atoms with Crippen molar-refractivity contribution in [2.24, 2.45) is 23.2 Å².